The Morgan fingerprint density at radius 3 is 2.58 bits per heavy atom. The molecule has 1 aliphatic rings. The Hall–Kier alpha value is -3.64. The Morgan fingerprint density at radius 1 is 1.03 bits per heavy atom. The molecule has 2 heterocycles. The third kappa shape index (κ3) is 5.14. The second kappa shape index (κ2) is 10.2. The smallest absolute Gasteiger partial charge is 0.249 e. The molecule has 0 saturated carbocycles. The number of anilines is 1. The van der Waals surface area contributed by atoms with Crippen molar-refractivity contribution in [2.24, 2.45) is 0 Å². The van der Waals surface area contributed by atoms with Crippen molar-refractivity contribution < 1.29 is 14.0 Å². The number of H-pyrrole nitrogens is 1. The van der Waals surface area contributed by atoms with Crippen molar-refractivity contribution in [2.75, 3.05) is 11.9 Å². The van der Waals surface area contributed by atoms with Gasteiger partial charge in [-0.05, 0) is 78.4 Å². The molecule has 5 nitrogen and oxygen atoms in total. The number of amides is 2. The van der Waals surface area contributed by atoms with Crippen molar-refractivity contribution in [3.8, 4) is 0 Å². The number of carbonyl (C=O) groups excluding carboxylic acids is 2. The maximum absolute atomic E-state index is 14.5. The van der Waals surface area contributed by atoms with Gasteiger partial charge in [0.15, 0.2) is 0 Å². The number of nitrogens with one attached hydrogen (secondary N) is 2. The van der Waals surface area contributed by atoms with Crippen molar-refractivity contribution in [2.45, 2.75) is 38.1 Å². The normalized spacial score (nSPS) is 16.3. The highest BCUT2D eigenvalue weighted by Gasteiger charge is 2.27. The van der Waals surface area contributed by atoms with Crippen LogP contribution in [0.4, 0.5) is 10.1 Å². The van der Waals surface area contributed by atoms with E-state index in [-0.39, 0.29) is 30.5 Å². The number of para-hydroxylation sites is 1. The lowest BCUT2D eigenvalue weighted by Gasteiger charge is -2.25. The van der Waals surface area contributed by atoms with Crippen LogP contribution in [0.25, 0.3) is 10.9 Å². The van der Waals surface area contributed by atoms with E-state index < -0.39 is 6.04 Å². The molecule has 7 heteroatoms. The zero-order valence-electron chi connectivity index (χ0n) is 20.0. The lowest BCUT2D eigenvalue weighted by molar-refractivity contribution is -0.127. The minimum absolute atomic E-state index is 0.153. The van der Waals surface area contributed by atoms with E-state index in [9.17, 15) is 14.0 Å². The number of hydrogen-bond acceptors (Lipinski definition) is 2. The monoisotopic (exact) mass is 503 g/mol. The second-order valence-corrected chi connectivity index (χ2v) is 9.76. The Balaban J connectivity index is 1.51. The fraction of sp³-hybridized carbons (Fsp3) is 0.241. The number of hydrogen-bond donors (Lipinski definition) is 2. The molecule has 0 aliphatic carbocycles. The van der Waals surface area contributed by atoms with E-state index in [2.05, 4.69) is 10.3 Å². The van der Waals surface area contributed by atoms with Crippen LogP contribution in [0, 0.1) is 5.82 Å². The van der Waals surface area contributed by atoms with Gasteiger partial charge < -0.3 is 15.2 Å². The van der Waals surface area contributed by atoms with Crippen molar-refractivity contribution in [1.82, 2.24) is 10.3 Å². The lowest BCUT2D eigenvalue weighted by Crippen LogP contribution is -2.49. The molecule has 184 valence electrons. The topological polar surface area (TPSA) is 65.2 Å². The highest BCUT2D eigenvalue weighted by Crippen LogP contribution is 2.26. The first-order valence-corrected chi connectivity index (χ1v) is 12.4. The zero-order valence-corrected chi connectivity index (χ0v) is 20.7. The molecule has 0 saturated heterocycles. The highest BCUT2D eigenvalue weighted by atomic mass is 35.5. The summed E-state index contributed by atoms with van der Waals surface area (Å²) in [6, 6.07) is 18.9. The van der Waals surface area contributed by atoms with Crippen LogP contribution in [0.5, 0.6) is 0 Å². The molecule has 0 spiro atoms. The van der Waals surface area contributed by atoms with Gasteiger partial charge in [-0.1, -0.05) is 35.9 Å². The summed E-state index contributed by atoms with van der Waals surface area (Å²) in [5.74, 6) is -0.877. The number of aryl methyl sites for hydroxylation is 2. The summed E-state index contributed by atoms with van der Waals surface area (Å²) in [5.41, 5.74) is 5.13. The summed E-state index contributed by atoms with van der Waals surface area (Å²) in [6.07, 6.45) is 2.59. The van der Waals surface area contributed by atoms with Gasteiger partial charge in [-0.3, -0.25) is 9.59 Å². The molecule has 36 heavy (non-hydrogen) atoms. The molecule has 2 amide bonds. The van der Waals surface area contributed by atoms with E-state index in [0.29, 0.717) is 22.7 Å². The molecule has 2 bridgehead atoms. The first-order valence-electron chi connectivity index (χ1n) is 12.1. The molecule has 0 radical (unpaired) electrons. The van der Waals surface area contributed by atoms with Crippen LogP contribution in [0.1, 0.15) is 28.8 Å². The largest absolute Gasteiger partial charge is 0.358 e. The number of fused-ring (bicyclic) bond motifs is 5. The SMILES string of the molecule is CN(C(=O)[C@@H]1Cc2cc(F)cc(c2)CCCc2[nH]c3ccccc3c2CC(=O)N1)c1ccc(Cl)cc1. The molecule has 0 fully saturated rings. The molecule has 0 unspecified atom stereocenters. The zero-order chi connectivity index (χ0) is 25.2. The standard InChI is InChI=1S/C29H27ClFN3O2/c1-34(22-11-9-20(30)10-12-22)29(36)27-16-19-13-18(14-21(31)15-19)5-4-8-26-24(17-28(35)33-27)23-6-2-3-7-25(23)32-26/h2-3,6-7,9-15,27,32H,4-5,8,16-17H2,1H3,(H,33,35)/t27-/m0/s1. The molecule has 1 aromatic heterocycles. The van der Waals surface area contributed by atoms with Gasteiger partial charge in [0.25, 0.3) is 0 Å². The molecule has 1 atom stereocenters. The van der Waals surface area contributed by atoms with Crippen LogP contribution in [-0.4, -0.2) is 29.9 Å². The van der Waals surface area contributed by atoms with E-state index in [1.165, 1.54) is 11.0 Å². The van der Waals surface area contributed by atoms with Gasteiger partial charge in [0.1, 0.15) is 11.9 Å². The highest BCUT2D eigenvalue weighted by molar-refractivity contribution is 6.30. The number of aromatic amines is 1. The Morgan fingerprint density at radius 2 is 1.78 bits per heavy atom. The summed E-state index contributed by atoms with van der Waals surface area (Å²) in [5, 5.41) is 4.52. The van der Waals surface area contributed by atoms with Crippen LogP contribution in [0.3, 0.4) is 0 Å². The Bertz CT molecular complexity index is 1430. The van der Waals surface area contributed by atoms with Crippen LogP contribution in [0.2, 0.25) is 5.02 Å². The minimum atomic E-state index is -0.859. The van der Waals surface area contributed by atoms with Gasteiger partial charge in [0.2, 0.25) is 11.8 Å². The van der Waals surface area contributed by atoms with Crippen molar-refractivity contribution in [3.63, 3.8) is 0 Å². The number of nitrogens with zero attached hydrogens (tertiary/aromatic N) is 1. The van der Waals surface area contributed by atoms with Gasteiger partial charge in [-0.2, -0.15) is 0 Å². The Labute approximate surface area is 214 Å². The van der Waals surface area contributed by atoms with Crippen molar-refractivity contribution in [3.05, 3.63) is 100.0 Å². The van der Waals surface area contributed by atoms with Gasteiger partial charge in [-0.25, -0.2) is 4.39 Å². The summed E-state index contributed by atoms with van der Waals surface area (Å²) in [6.45, 7) is 0. The fourth-order valence-electron chi connectivity index (χ4n) is 4.99. The predicted molar refractivity (Wildman–Crippen MR) is 141 cm³/mol. The minimum Gasteiger partial charge on any atom is -0.358 e. The van der Waals surface area contributed by atoms with Crippen LogP contribution < -0.4 is 10.2 Å². The number of rotatable bonds is 2. The van der Waals surface area contributed by atoms with E-state index in [4.69, 9.17) is 11.6 Å². The van der Waals surface area contributed by atoms with Crippen molar-refractivity contribution in [1.29, 1.82) is 0 Å². The predicted octanol–water partition coefficient (Wildman–Crippen LogP) is 5.38. The number of likely N-dealkylation sites (N-methyl/N-ethyl adjacent to an activating group) is 1. The van der Waals surface area contributed by atoms with Crippen LogP contribution in [0.15, 0.2) is 66.7 Å². The third-order valence-corrected chi connectivity index (χ3v) is 7.02. The third-order valence-electron chi connectivity index (χ3n) is 6.77. The summed E-state index contributed by atoms with van der Waals surface area (Å²) in [7, 11) is 1.66. The molecule has 3 aromatic carbocycles. The quantitative estimate of drug-likeness (QED) is 0.385. The lowest BCUT2D eigenvalue weighted by atomic mass is 9.99. The second-order valence-electron chi connectivity index (χ2n) is 9.32. The fourth-order valence-corrected chi connectivity index (χ4v) is 5.11. The number of halogens is 2. The summed E-state index contributed by atoms with van der Waals surface area (Å²) in [4.78, 5) is 31.8. The molecule has 1 aliphatic heterocycles. The van der Waals surface area contributed by atoms with E-state index in [0.717, 1.165) is 40.6 Å². The number of carbonyl (C=O) groups is 2. The summed E-state index contributed by atoms with van der Waals surface area (Å²) >= 11 is 6.01. The number of aromatic nitrogens is 1. The summed E-state index contributed by atoms with van der Waals surface area (Å²) < 4.78 is 14.5. The average Bonchev–Trinajstić information content (AvgIpc) is 3.19. The first kappa shape index (κ1) is 24.1. The molecular weight excluding hydrogens is 477 g/mol. The van der Waals surface area contributed by atoms with E-state index in [1.807, 2.05) is 30.3 Å². The number of benzene rings is 3. The van der Waals surface area contributed by atoms with Crippen LogP contribution in [-0.2, 0) is 35.3 Å². The maximum Gasteiger partial charge on any atom is 0.249 e. The Kier molecular flexibility index (Phi) is 6.79. The van der Waals surface area contributed by atoms with Crippen LogP contribution >= 0.6 is 11.6 Å². The molecule has 2 N–H and O–H groups in total. The van der Waals surface area contributed by atoms with E-state index in [1.54, 1.807) is 37.4 Å². The molecular formula is C29H27ClFN3O2. The van der Waals surface area contributed by atoms with Gasteiger partial charge in [-0.15, -0.1) is 0 Å². The average molecular weight is 504 g/mol. The maximum atomic E-state index is 14.5. The molecule has 4 aromatic rings. The van der Waals surface area contributed by atoms with Gasteiger partial charge >= 0.3 is 0 Å². The van der Waals surface area contributed by atoms with E-state index >= 15 is 0 Å². The first-order chi connectivity index (χ1) is 17.4. The molecule has 5 rings (SSSR count). The van der Waals surface area contributed by atoms with Gasteiger partial charge in [0, 0.05) is 40.8 Å². The van der Waals surface area contributed by atoms with Gasteiger partial charge in [0.05, 0.1) is 6.42 Å². The van der Waals surface area contributed by atoms with Crippen molar-refractivity contribution >= 4 is 40.0 Å².